The molecule has 2 aromatic carbocycles. The van der Waals surface area contributed by atoms with Gasteiger partial charge in [0.05, 0.1) is 12.4 Å². The van der Waals surface area contributed by atoms with Crippen LogP contribution in [0.15, 0.2) is 67.3 Å². The zero-order valence-electron chi connectivity index (χ0n) is 25.1. The molecule has 0 saturated heterocycles. The van der Waals surface area contributed by atoms with Crippen molar-refractivity contribution in [2.45, 2.75) is 63.7 Å². The van der Waals surface area contributed by atoms with Crippen molar-refractivity contribution in [2.24, 2.45) is 11.7 Å². The lowest BCUT2D eigenvalue weighted by atomic mass is 10.00. The van der Waals surface area contributed by atoms with Crippen LogP contribution in [-0.2, 0) is 38.4 Å². The van der Waals surface area contributed by atoms with Crippen molar-refractivity contribution in [1.82, 2.24) is 30.9 Å². The molecule has 0 aliphatic heterocycles. The third-order valence-corrected chi connectivity index (χ3v) is 7.39. The highest BCUT2D eigenvalue weighted by Gasteiger charge is 2.31. The standard InChI is InChI=1S/C32H39N7O6/c1-18(2)11-26(37-29(41)24(33)14-21-16-34-17-36-21)30(42)38-27(12-19-7-9-22(40)10-8-19)31(43)39-28(32(44)45)13-20-15-35-25-6-4-3-5-23(20)25/h3-10,15-18,24,26-28,35,40H,11-14,33H2,1-2H3,(H,34,36)(H,37,41)(H,38,42)(H,39,43)(H,44,45). The summed E-state index contributed by atoms with van der Waals surface area (Å²) in [6.45, 7) is 3.78. The molecule has 0 aliphatic rings. The van der Waals surface area contributed by atoms with Crippen LogP contribution in [0.3, 0.4) is 0 Å². The number of H-pyrrole nitrogens is 2. The quantitative estimate of drug-likeness (QED) is 0.0977. The molecule has 2 aromatic heterocycles. The van der Waals surface area contributed by atoms with Gasteiger partial charge in [-0.2, -0.15) is 0 Å². The molecule has 0 bridgehead atoms. The number of phenolic OH excluding ortho intramolecular Hbond substituents is 1. The number of carbonyl (C=O) groups is 4. The molecular formula is C32H39N7O6. The van der Waals surface area contributed by atoms with E-state index in [9.17, 15) is 29.4 Å². The number of fused-ring (bicyclic) bond motifs is 1. The molecule has 2 heterocycles. The Bertz CT molecular complexity index is 1600. The van der Waals surface area contributed by atoms with Crippen molar-refractivity contribution in [3.05, 3.63) is 84.1 Å². The maximum atomic E-state index is 13.6. The van der Waals surface area contributed by atoms with Crippen LogP contribution in [0.5, 0.6) is 5.75 Å². The van der Waals surface area contributed by atoms with Gasteiger partial charge < -0.3 is 41.9 Å². The average Bonchev–Trinajstić information content (AvgIpc) is 3.67. The van der Waals surface area contributed by atoms with E-state index >= 15 is 0 Å². The minimum atomic E-state index is -1.29. The molecule has 238 valence electrons. The predicted octanol–water partition coefficient (Wildman–Crippen LogP) is 1.54. The lowest BCUT2D eigenvalue weighted by molar-refractivity contribution is -0.142. The number of para-hydroxylation sites is 1. The third kappa shape index (κ3) is 9.16. The summed E-state index contributed by atoms with van der Waals surface area (Å²) in [5.74, 6) is -3.09. The molecule has 0 radical (unpaired) electrons. The number of nitrogens with two attached hydrogens (primary N) is 1. The van der Waals surface area contributed by atoms with Crippen molar-refractivity contribution in [2.75, 3.05) is 0 Å². The number of aromatic amines is 2. The SMILES string of the molecule is CC(C)CC(NC(=O)C(N)Cc1cnc[nH]1)C(=O)NC(Cc1ccc(O)cc1)C(=O)NC(Cc1c[nH]c2ccccc12)C(=O)O. The molecule has 9 N–H and O–H groups in total. The van der Waals surface area contributed by atoms with Crippen LogP contribution in [-0.4, -0.2) is 73.0 Å². The van der Waals surface area contributed by atoms with Gasteiger partial charge in [0.1, 0.15) is 23.9 Å². The Morgan fingerprint density at radius 3 is 2.18 bits per heavy atom. The van der Waals surface area contributed by atoms with Crippen molar-refractivity contribution in [3.8, 4) is 5.75 Å². The molecule has 3 amide bonds. The van der Waals surface area contributed by atoms with Gasteiger partial charge in [0.2, 0.25) is 17.7 Å². The first-order valence-electron chi connectivity index (χ1n) is 14.7. The third-order valence-electron chi connectivity index (χ3n) is 7.39. The summed E-state index contributed by atoms with van der Waals surface area (Å²) < 4.78 is 0. The minimum Gasteiger partial charge on any atom is -0.508 e. The first-order valence-corrected chi connectivity index (χ1v) is 14.7. The fraction of sp³-hybridized carbons (Fsp3) is 0.344. The Labute approximate surface area is 260 Å². The number of nitrogens with zero attached hydrogens (tertiary/aromatic N) is 1. The highest BCUT2D eigenvalue weighted by Crippen LogP contribution is 2.19. The van der Waals surface area contributed by atoms with E-state index in [-0.39, 0.29) is 37.4 Å². The molecule has 13 heteroatoms. The molecule has 4 aromatic rings. The van der Waals surface area contributed by atoms with Gasteiger partial charge in [-0.15, -0.1) is 0 Å². The Hall–Kier alpha value is -5.17. The van der Waals surface area contributed by atoms with Gasteiger partial charge in [0.25, 0.3) is 0 Å². The van der Waals surface area contributed by atoms with Gasteiger partial charge in [0.15, 0.2) is 0 Å². The number of carboxylic acids is 1. The predicted molar refractivity (Wildman–Crippen MR) is 167 cm³/mol. The summed E-state index contributed by atoms with van der Waals surface area (Å²) in [7, 11) is 0. The van der Waals surface area contributed by atoms with Crippen molar-refractivity contribution < 1.29 is 29.4 Å². The molecule has 0 aliphatic carbocycles. The number of amides is 3. The summed E-state index contributed by atoms with van der Waals surface area (Å²) in [6.07, 6.45) is 5.19. The zero-order chi connectivity index (χ0) is 32.5. The van der Waals surface area contributed by atoms with Gasteiger partial charge in [-0.05, 0) is 41.7 Å². The van der Waals surface area contributed by atoms with Crippen molar-refractivity contribution in [3.63, 3.8) is 0 Å². The number of imidazole rings is 1. The van der Waals surface area contributed by atoms with Gasteiger partial charge >= 0.3 is 5.97 Å². The number of hydrogen-bond donors (Lipinski definition) is 8. The number of phenols is 1. The number of rotatable bonds is 15. The van der Waals surface area contributed by atoms with Crippen LogP contribution >= 0.6 is 0 Å². The van der Waals surface area contributed by atoms with Crippen molar-refractivity contribution in [1.29, 1.82) is 0 Å². The zero-order valence-corrected chi connectivity index (χ0v) is 25.1. The van der Waals surface area contributed by atoms with Crippen LogP contribution in [0.2, 0.25) is 0 Å². The second kappa shape index (κ2) is 15.0. The molecule has 4 atom stereocenters. The monoisotopic (exact) mass is 617 g/mol. The normalized spacial score (nSPS) is 14.0. The van der Waals surface area contributed by atoms with E-state index in [0.717, 1.165) is 10.9 Å². The summed E-state index contributed by atoms with van der Waals surface area (Å²) in [4.78, 5) is 62.4. The number of aliphatic carboxylic acids is 1. The molecule has 0 fully saturated rings. The maximum absolute atomic E-state index is 13.6. The molecule has 13 nitrogen and oxygen atoms in total. The van der Waals surface area contributed by atoms with Crippen LogP contribution < -0.4 is 21.7 Å². The fourth-order valence-electron chi connectivity index (χ4n) is 5.05. The van der Waals surface area contributed by atoms with E-state index in [1.807, 2.05) is 38.1 Å². The first-order chi connectivity index (χ1) is 21.5. The van der Waals surface area contributed by atoms with Gasteiger partial charge in [-0.1, -0.05) is 44.2 Å². The van der Waals surface area contributed by atoms with E-state index in [0.29, 0.717) is 16.8 Å². The van der Waals surface area contributed by atoms with E-state index < -0.39 is 47.9 Å². The maximum Gasteiger partial charge on any atom is 0.326 e. The van der Waals surface area contributed by atoms with Crippen LogP contribution in [0.4, 0.5) is 0 Å². The van der Waals surface area contributed by atoms with Crippen LogP contribution in [0.1, 0.15) is 37.1 Å². The smallest absolute Gasteiger partial charge is 0.326 e. The summed E-state index contributed by atoms with van der Waals surface area (Å²) in [6, 6.07) is 9.08. The van der Waals surface area contributed by atoms with Crippen LogP contribution in [0.25, 0.3) is 10.9 Å². The van der Waals surface area contributed by atoms with Gasteiger partial charge in [0, 0.05) is 48.3 Å². The van der Waals surface area contributed by atoms with Crippen molar-refractivity contribution >= 4 is 34.6 Å². The number of carboxylic acid groups (broad SMARTS) is 1. The number of nitrogens with one attached hydrogen (secondary N) is 5. The number of aromatic hydroxyl groups is 1. The topological polar surface area (TPSA) is 215 Å². The number of carbonyl (C=O) groups excluding carboxylic acids is 3. The van der Waals surface area contributed by atoms with E-state index in [1.165, 1.54) is 18.5 Å². The number of aromatic nitrogens is 3. The number of hydrogen-bond acceptors (Lipinski definition) is 7. The minimum absolute atomic E-state index is 0.00103. The fourth-order valence-corrected chi connectivity index (χ4v) is 5.05. The molecular weight excluding hydrogens is 578 g/mol. The van der Waals surface area contributed by atoms with Crippen LogP contribution in [0, 0.1) is 5.92 Å². The van der Waals surface area contributed by atoms with Gasteiger partial charge in [-0.3, -0.25) is 14.4 Å². The molecule has 4 unspecified atom stereocenters. The average molecular weight is 618 g/mol. The Balaban J connectivity index is 1.52. The highest BCUT2D eigenvalue weighted by atomic mass is 16.4. The van der Waals surface area contributed by atoms with E-state index in [1.54, 1.807) is 24.5 Å². The second-order valence-electron chi connectivity index (χ2n) is 11.5. The molecule has 0 saturated carbocycles. The largest absolute Gasteiger partial charge is 0.508 e. The first kappa shape index (κ1) is 32.7. The summed E-state index contributed by atoms with van der Waals surface area (Å²) in [5, 5.41) is 28.6. The second-order valence-corrected chi connectivity index (χ2v) is 11.5. The Morgan fingerprint density at radius 1 is 0.844 bits per heavy atom. The molecule has 4 rings (SSSR count). The lowest BCUT2D eigenvalue weighted by Crippen LogP contribution is -2.58. The summed E-state index contributed by atoms with van der Waals surface area (Å²) in [5.41, 5.74) is 8.91. The Morgan fingerprint density at radius 2 is 1.51 bits per heavy atom. The molecule has 0 spiro atoms. The highest BCUT2D eigenvalue weighted by molar-refractivity contribution is 5.94. The van der Waals surface area contributed by atoms with Gasteiger partial charge in [-0.25, -0.2) is 9.78 Å². The Kier molecular flexibility index (Phi) is 10.9. The lowest BCUT2D eigenvalue weighted by Gasteiger charge is -2.26. The number of benzene rings is 2. The van der Waals surface area contributed by atoms with E-state index in [4.69, 9.17) is 5.73 Å². The van der Waals surface area contributed by atoms with E-state index in [2.05, 4.69) is 30.9 Å². The molecule has 45 heavy (non-hydrogen) atoms. The summed E-state index contributed by atoms with van der Waals surface area (Å²) >= 11 is 0.